The first-order chi connectivity index (χ1) is 6.86. The van der Waals surface area contributed by atoms with Crippen LogP contribution in [0.15, 0.2) is 29.2 Å². The average molecular weight is 209 g/mol. The summed E-state index contributed by atoms with van der Waals surface area (Å²) in [5.41, 5.74) is 1.42. The maximum absolute atomic E-state index is 3.33. The van der Waals surface area contributed by atoms with Gasteiger partial charge in [0, 0.05) is 4.90 Å². The number of thioether (sulfide) groups is 1. The first-order valence-electron chi connectivity index (χ1n) is 5.29. The fourth-order valence-corrected chi connectivity index (χ4v) is 1.99. The molecule has 1 aromatic carbocycles. The van der Waals surface area contributed by atoms with Gasteiger partial charge in [0.2, 0.25) is 0 Å². The van der Waals surface area contributed by atoms with Crippen LogP contribution in [0.5, 0.6) is 0 Å². The van der Waals surface area contributed by atoms with Crippen LogP contribution in [0, 0.1) is 0 Å². The molecule has 0 fully saturated rings. The van der Waals surface area contributed by atoms with Crippen LogP contribution in [-0.2, 0) is 6.42 Å². The van der Waals surface area contributed by atoms with Gasteiger partial charge in [-0.15, -0.1) is 11.8 Å². The molecule has 0 aliphatic rings. The molecule has 0 aliphatic heterocycles. The Morgan fingerprint density at radius 2 is 1.86 bits per heavy atom. The van der Waals surface area contributed by atoms with E-state index in [2.05, 4.69) is 43.4 Å². The highest BCUT2D eigenvalue weighted by atomic mass is 32.2. The molecule has 0 aliphatic carbocycles. The summed E-state index contributed by atoms with van der Waals surface area (Å²) < 4.78 is 0. The Balaban J connectivity index is 2.38. The standard InChI is InChI=1S/C12H19NS/c1-3-13-10-9-11-5-7-12(8-6-11)14-4-2/h5-8,13H,3-4,9-10H2,1-2H3. The molecule has 0 aromatic heterocycles. The minimum absolute atomic E-state index is 1.06. The summed E-state index contributed by atoms with van der Waals surface area (Å²) in [5.74, 6) is 1.15. The highest BCUT2D eigenvalue weighted by molar-refractivity contribution is 7.99. The number of rotatable bonds is 6. The van der Waals surface area contributed by atoms with E-state index < -0.39 is 0 Å². The van der Waals surface area contributed by atoms with Crippen molar-refractivity contribution in [1.82, 2.24) is 5.32 Å². The zero-order valence-corrected chi connectivity index (χ0v) is 9.86. The van der Waals surface area contributed by atoms with Gasteiger partial charge in [-0.2, -0.15) is 0 Å². The molecule has 1 rings (SSSR count). The maximum atomic E-state index is 3.33. The summed E-state index contributed by atoms with van der Waals surface area (Å²) in [7, 11) is 0. The van der Waals surface area contributed by atoms with Gasteiger partial charge in [-0.05, 0) is 43.0 Å². The van der Waals surface area contributed by atoms with Crippen LogP contribution < -0.4 is 5.32 Å². The second kappa shape index (κ2) is 6.91. The lowest BCUT2D eigenvalue weighted by Crippen LogP contribution is -2.15. The van der Waals surface area contributed by atoms with Crippen LogP contribution in [0.2, 0.25) is 0 Å². The molecule has 2 heteroatoms. The van der Waals surface area contributed by atoms with Gasteiger partial charge >= 0.3 is 0 Å². The van der Waals surface area contributed by atoms with E-state index in [1.807, 2.05) is 11.8 Å². The average Bonchev–Trinajstić information content (AvgIpc) is 2.21. The number of hydrogen-bond donors (Lipinski definition) is 1. The molecule has 0 spiro atoms. The van der Waals surface area contributed by atoms with E-state index in [0.717, 1.165) is 25.3 Å². The zero-order valence-electron chi connectivity index (χ0n) is 9.05. The summed E-state index contributed by atoms with van der Waals surface area (Å²) in [6, 6.07) is 8.90. The Morgan fingerprint density at radius 3 is 2.43 bits per heavy atom. The van der Waals surface area contributed by atoms with E-state index in [0.29, 0.717) is 0 Å². The van der Waals surface area contributed by atoms with E-state index in [-0.39, 0.29) is 0 Å². The van der Waals surface area contributed by atoms with Crippen molar-refractivity contribution in [3.05, 3.63) is 29.8 Å². The molecule has 14 heavy (non-hydrogen) atoms. The second-order valence-electron chi connectivity index (χ2n) is 3.18. The summed E-state index contributed by atoms with van der Waals surface area (Å²) in [5, 5.41) is 3.33. The third kappa shape index (κ3) is 4.16. The SMILES string of the molecule is CCNCCc1ccc(SCC)cc1. The van der Waals surface area contributed by atoms with Crippen molar-refractivity contribution in [1.29, 1.82) is 0 Å². The van der Waals surface area contributed by atoms with Crippen LogP contribution in [0.4, 0.5) is 0 Å². The fraction of sp³-hybridized carbons (Fsp3) is 0.500. The second-order valence-corrected chi connectivity index (χ2v) is 4.52. The molecular weight excluding hydrogens is 190 g/mol. The molecule has 1 aromatic rings. The lowest BCUT2D eigenvalue weighted by Gasteiger charge is -2.03. The molecule has 1 N–H and O–H groups in total. The molecule has 0 amide bonds. The molecule has 0 unspecified atom stereocenters. The van der Waals surface area contributed by atoms with E-state index in [1.54, 1.807) is 0 Å². The summed E-state index contributed by atoms with van der Waals surface area (Å²) in [6.45, 7) is 6.46. The van der Waals surface area contributed by atoms with Gasteiger partial charge in [0.05, 0.1) is 0 Å². The third-order valence-corrected chi connectivity index (χ3v) is 2.97. The number of benzene rings is 1. The Morgan fingerprint density at radius 1 is 1.14 bits per heavy atom. The van der Waals surface area contributed by atoms with E-state index in [1.165, 1.54) is 10.5 Å². The van der Waals surface area contributed by atoms with Crippen LogP contribution >= 0.6 is 11.8 Å². The predicted molar refractivity (Wildman–Crippen MR) is 65.1 cm³/mol. The monoisotopic (exact) mass is 209 g/mol. The minimum Gasteiger partial charge on any atom is -0.317 e. The van der Waals surface area contributed by atoms with E-state index in [9.17, 15) is 0 Å². The summed E-state index contributed by atoms with van der Waals surface area (Å²) in [6.07, 6.45) is 1.13. The molecule has 1 nitrogen and oxygen atoms in total. The van der Waals surface area contributed by atoms with Crippen molar-refractivity contribution in [3.63, 3.8) is 0 Å². The van der Waals surface area contributed by atoms with Crippen molar-refractivity contribution < 1.29 is 0 Å². The van der Waals surface area contributed by atoms with Crippen molar-refractivity contribution in [2.75, 3.05) is 18.8 Å². The smallest absolute Gasteiger partial charge is 0.00720 e. The van der Waals surface area contributed by atoms with Crippen LogP contribution in [0.3, 0.4) is 0 Å². The molecule has 0 saturated heterocycles. The number of nitrogens with one attached hydrogen (secondary N) is 1. The Labute approximate surface area is 91.3 Å². The first kappa shape index (κ1) is 11.6. The molecule has 0 saturated carbocycles. The van der Waals surface area contributed by atoms with Gasteiger partial charge in [-0.3, -0.25) is 0 Å². The minimum atomic E-state index is 1.06. The van der Waals surface area contributed by atoms with Gasteiger partial charge in [-0.25, -0.2) is 0 Å². The van der Waals surface area contributed by atoms with Gasteiger partial charge in [-0.1, -0.05) is 26.0 Å². The first-order valence-corrected chi connectivity index (χ1v) is 6.27. The molecular formula is C12H19NS. The van der Waals surface area contributed by atoms with Crippen LogP contribution in [-0.4, -0.2) is 18.8 Å². The van der Waals surface area contributed by atoms with Crippen molar-refractivity contribution in [2.45, 2.75) is 25.2 Å². The number of hydrogen-bond acceptors (Lipinski definition) is 2. The van der Waals surface area contributed by atoms with E-state index >= 15 is 0 Å². The molecule has 78 valence electrons. The third-order valence-electron chi connectivity index (χ3n) is 2.07. The lowest BCUT2D eigenvalue weighted by atomic mass is 10.1. The largest absolute Gasteiger partial charge is 0.317 e. The lowest BCUT2D eigenvalue weighted by molar-refractivity contribution is 0.716. The summed E-state index contributed by atoms with van der Waals surface area (Å²) in [4.78, 5) is 1.37. The van der Waals surface area contributed by atoms with Gasteiger partial charge in [0.25, 0.3) is 0 Å². The van der Waals surface area contributed by atoms with Crippen molar-refractivity contribution in [2.24, 2.45) is 0 Å². The normalized spacial score (nSPS) is 10.4. The highest BCUT2D eigenvalue weighted by Crippen LogP contribution is 2.17. The van der Waals surface area contributed by atoms with Crippen LogP contribution in [0.25, 0.3) is 0 Å². The molecule has 0 heterocycles. The highest BCUT2D eigenvalue weighted by Gasteiger charge is 1.94. The van der Waals surface area contributed by atoms with Crippen molar-refractivity contribution in [3.8, 4) is 0 Å². The van der Waals surface area contributed by atoms with Gasteiger partial charge in [0.15, 0.2) is 0 Å². The van der Waals surface area contributed by atoms with Crippen LogP contribution in [0.1, 0.15) is 19.4 Å². The fourth-order valence-electron chi connectivity index (χ4n) is 1.33. The quantitative estimate of drug-likeness (QED) is 0.571. The maximum Gasteiger partial charge on any atom is 0.00720 e. The Hall–Kier alpha value is -0.470. The number of likely N-dealkylation sites (N-methyl/N-ethyl adjacent to an activating group) is 1. The van der Waals surface area contributed by atoms with Gasteiger partial charge in [0.1, 0.15) is 0 Å². The summed E-state index contributed by atoms with van der Waals surface area (Å²) >= 11 is 1.90. The van der Waals surface area contributed by atoms with Crippen molar-refractivity contribution >= 4 is 11.8 Å². The Bertz CT molecular complexity index is 243. The topological polar surface area (TPSA) is 12.0 Å². The van der Waals surface area contributed by atoms with Gasteiger partial charge < -0.3 is 5.32 Å². The molecule has 0 bridgehead atoms. The molecule has 0 radical (unpaired) electrons. The van der Waals surface area contributed by atoms with E-state index in [4.69, 9.17) is 0 Å². The zero-order chi connectivity index (χ0) is 10.2. The predicted octanol–water partition coefficient (Wildman–Crippen LogP) is 2.95. The Kier molecular flexibility index (Phi) is 5.72. The molecule has 0 atom stereocenters.